The molecule has 1 saturated heterocycles. The van der Waals surface area contributed by atoms with Gasteiger partial charge in [-0.1, -0.05) is 300 Å². The first kappa shape index (κ1) is 75.1. The molecule has 0 bridgehead atoms. The molecule has 18 heteroatoms. The van der Waals surface area contributed by atoms with Crippen molar-refractivity contribution in [1.29, 1.82) is 0 Å². The van der Waals surface area contributed by atoms with E-state index in [1.54, 1.807) is 7.11 Å². The van der Waals surface area contributed by atoms with E-state index in [1.807, 2.05) is 77.1 Å². The van der Waals surface area contributed by atoms with Crippen molar-refractivity contribution in [3.8, 4) is 5.75 Å². The van der Waals surface area contributed by atoms with Gasteiger partial charge in [0, 0.05) is 97.2 Å². The molecule has 106 heavy (non-hydrogen) atoms. The number of thiocarbonyl (C=S) groups is 1. The highest BCUT2D eigenvalue weighted by atomic mass is 33.7. The normalized spacial score (nSPS) is 14.8. The van der Waals surface area contributed by atoms with Gasteiger partial charge < -0.3 is 38.7 Å². The number of nitrogens with one attached hydrogen (secondary N) is 2. The minimum atomic E-state index is -1.68. The van der Waals surface area contributed by atoms with E-state index in [0.29, 0.717) is 13.0 Å². The number of para-hydroxylation sites is 2. The number of benzene rings is 10. The number of rotatable bonds is 26. The number of methoxy groups -OCH3 is 1. The maximum absolute atomic E-state index is 12.6. The molecule has 1 fully saturated rings. The van der Waals surface area contributed by atoms with Crippen molar-refractivity contribution in [2.45, 2.75) is 69.1 Å². The molecule has 15 rings (SSSR count). The predicted octanol–water partition coefficient (Wildman–Crippen LogP) is 18.8. The Kier molecular flexibility index (Phi) is 24.8. The van der Waals surface area contributed by atoms with Crippen LogP contribution in [0.1, 0.15) is 87.1 Å². The van der Waals surface area contributed by atoms with Gasteiger partial charge in [0.1, 0.15) is 16.8 Å². The van der Waals surface area contributed by atoms with Crippen molar-refractivity contribution in [1.82, 2.24) is 38.9 Å². The van der Waals surface area contributed by atoms with Crippen LogP contribution >= 0.6 is 43.1 Å². The molecular formula is C88H86N8O3P2S5. The average molecular weight is 1530 g/mol. The third kappa shape index (κ3) is 16.8. The maximum atomic E-state index is 12.6. The van der Waals surface area contributed by atoms with Crippen LogP contribution in [0.3, 0.4) is 0 Å². The van der Waals surface area contributed by atoms with Gasteiger partial charge in [0.25, 0.3) is 0 Å². The summed E-state index contributed by atoms with van der Waals surface area (Å²) in [6.07, 6.45) is 19.1. The van der Waals surface area contributed by atoms with Crippen LogP contribution in [0.15, 0.2) is 316 Å². The zero-order chi connectivity index (χ0) is 73.4. The van der Waals surface area contributed by atoms with Crippen LogP contribution in [-0.4, -0.2) is 64.4 Å². The van der Waals surface area contributed by atoms with E-state index in [4.69, 9.17) is 55.6 Å². The molecule has 14 aromatic rings. The van der Waals surface area contributed by atoms with Crippen LogP contribution in [0, 0.1) is 0 Å². The molecule has 1 aliphatic heterocycles. The Morgan fingerprint density at radius 3 is 1.18 bits per heavy atom. The largest absolute Gasteiger partial charge is 0.497 e. The highest BCUT2D eigenvalue weighted by Gasteiger charge is 2.46. The third-order valence-corrected chi connectivity index (χ3v) is 51.1. The lowest BCUT2D eigenvalue weighted by atomic mass is 9.77. The van der Waals surface area contributed by atoms with Gasteiger partial charge in [-0.05, 0) is 125 Å². The van der Waals surface area contributed by atoms with Gasteiger partial charge in [0.2, 0.25) is 5.91 Å². The first-order valence-electron chi connectivity index (χ1n) is 35.8. The lowest BCUT2D eigenvalue weighted by Crippen LogP contribution is -2.36. The molecule has 4 aromatic heterocycles. The van der Waals surface area contributed by atoms with Crippen molar-refractivity contribution in [2.24, 2.45) is 14.1 Å². The number of carbonyl (C=O) groups excluding carboxylic acids is 1. The quantitative estimate of drug-likeness (QED) is 0.0208. The molecule has 1 amide bonds. The van der Waals surface area contributed by atoms with Gasteiger partial charge in [-0.15, -0.1) is 0 Å². The number of hydrogen-bond acceptors (Lipinski definition) is 10. The molecule has 0 unspecified atom stereocenters. The topological polar surface area (TPSA) is 116 Å². The van der Waals surface area contributed by atoms with Gasteiger partial charge in [-0.25, -0.2) is 9.97 Å². The standard InChI is InChI=1S/C37H36N4O.C37H36N4S.C14H14O2P2S4/c2*1-40-26-29(34-21-11-12-22-35(34)40)23-24-36(42)38-25-13-20-33-27-41(28-39-33)37(30-14-5-2-6-15-30,31-16-7-3-8-17-31)32-18-9-4-10-19-32;1-16-12-4-8-14(9-5-12)18(20)21-17(19,22-18)13-6-2-11(10-15)3-7-13/h2*2-12,14-19,21-22,26-28H,13,20,23-25H2,1H3,(H,38,42);2-9,15H,10H2,1H3. The Hall–Kier alpha value is -9.18. The van der Waals surface area contributed by atoms with Crippen molar-refractivity contribution in [3.05, 3.63) is 378 Å². The molecule has 0 saturated carbocycles. The Bertz CT molecular complexity index is 4780. The number of hydrogen-bond donors (Lipinski definition) is 3. The van der Waals surface area contributed by atoms with Crippen LogP contribution in [0.4, 0.5) is 0 Å². The number of aliphatic hydroxyl groups excluding tert-OH is 1. The molecular weight excluding hydrogens is 1440 g/mol. The highest BCUT2D eigenvalue weighted by Crippen LogP contribution is 3.04. The van der Waals surface area contributed by atoms with Crippen molar-refractivity contribution in [3.63, 3.8) is 0 Å². The number of amides is 1. The lowest BCUT2D eigenvalue weighted by molar-refractivity contribution is -0.121. The second-order valence-corrected chi connectivity index (χ2v) is 48.1. The summed E-state index contributed by atoms with van der Waals surface area (Å²) in [6.45, 7) is 1.53. The first-order chi connectivity index (χ1) is 51.8. The Morgan fingerprint density at radius 2 is 0.802 bits per heavy atom. The fraction of sp³-hybridized carbons (Fsp3) is 0.182. The number of aromatic nitrogens is 6. The second-order valence-electron chi connectivity index (χ2n) is 26.3. The van der Waals surface area contributed by atoms with Gasteiger partial charge in [-0.2, -0.15) is 0 Å². The summed E-state index contributed by atoms with van der Waals surface area (Å²) >= 11 is 21.1. The smallest absolute Gasteiger partial charge is 0.220 e. The minimum absolute atomic E-state index is 0.0628. The molecule has 0 spiro atoms. The van der Waals surface area contributed by atoms with E-state index in [0.717, 1.165) is 79.2 Å². The molecule has 3 N–H and O–H groups in total. The Labute approximate surface area is 645 Å². The molecule has 5 heterocycles. The summed E-state index contributed by atoms with van der Waals surface area (Å²) in [5.41, 5.74) is 14.0. The van der Waals surface area contributed by atoms with Crippen LogP contribution in [0.5, 0.6) is 5.75 Å². The molecule has 0 aliphatic carbocycles. The highest BCUT2D eigenvalue weighted by molar-refractivity contribution is 9.48. The van der Waals surface area contributed by atoms with Gasteiger partial charge in [0.15, 0.2) is 0 Å². The summed E-state index contributed by atoms with van der Waals surface area (Å²) in [6, 6.07) is 96.9. The number of carbonyl (C=O) groups is 1. The van der Waals surface area contributed by atoms with Gasteiger partial charge in [0.05, 0.1) is 51.6 Å². The molecule has 10 aromatic carbocycles. The lowest BCUT2D eigenvalue weighted by Gasteiger charge is -2.40. The second kappa shape index (κ2) is 35.0. The summed E-state index contributed by atoms with van der Waals surface area (Å²) in [7, 11) is 5.82. The fourth-order valence-corrected chi connectivity index (χ4v) is 56.7. The van der Waals surface area contributed by atoms with Crippen molar-refractivity contribution < 1.29 is 14.6 Å². The number of ether oxygens (including phenoxy) is 1. The Balaban J connectivity index is 0.000000148. The summed E-state index contributed by atoms with van der Waals surface area (Å²) in [5, 5.41) is 20.6. The van der Waals surface area contributed by atoms with E-state index in [-0.39, 0.29) is 12.5 Å². The number of imidazole rings is 2. The Morgan fingerprint density at radius 1 is 0.453 bits per heavy atom. The number of aryl methyl sites for hydroxylation is 6. The van der Waals surface area contributed by atoms with E-state index < -0.39 is 20.0 Å². The molecule has 11 nitrogen and oxygen atoms in total. The molecule has 0 radical (unpaired) electrons. The molecule has 0 atom stereocenters. The van der Waals surface area contributed by atoms with Crippen LogP contribution in [0.25, 0.3) is 21.8 Å². The van der Waals surface area contributed by atoms with E-state index in [2.05, 4.69) is 304 Å². The minimum Gasteiger partial charge on any atom is -0.497 e. The fourth-order valence-electron chi connectivity index (χ4n) is 14.3. The zero-order valence-corrected chi connectivity index (χ0v) is 65.6. The maximum Gasteiger partial charge on any atom is 0.220 e. The van der Waals surface area contributed by atoms with Crippen LogP contribution in [-0.2, 0) is 85.9 Å². The summed E-state index contributed by atoms with van der Waals surface area (Å²) < 4.78 is 10.7. The predicted molar refractivity (Wildman–Crippen MR) is 455 cm³/mol. The van der Waals surface area contributed by atoms with Crippen LogP contribution < -0.4 is 26.0 Å². The molecule has 536 valence electrons. The number of aliphatic hydroxyl groups is 1. The van der Waals surface area contributed by atoms with Gasteiger partial charge >= 0.3 is 0 Å². The van der Waals surface area contributed by atoms with Crippen molar-refractivity contribution in [2.75, 3.05) is 20.2 Å². The molecule has 1 aliphatic rings. The van der Waals surface area contributed by atoms with E-state index in [1.165, 1.54) is 76.9 Å². The van der Waals surface area contributed by atoms with Crippen LogP contribution in [0.2, 0.25) is 0 Å². The number of fused-ring (bicyclic) bond motifs is 2. The monoisotopic (exact) mass is 1520 g/mol. The number of nitrogens with zero attached hydrogens (tertiary/aromatic N) is 6. The average Bonchev–Trinajstić information content (AvgIpc) is 0.942. The van der Waals surface area contributed by atoms with E-state index in [9.17, 15) is 4.79 Å². The summed E-state index contributed by atoms with van der Waals surface area (Å²) in [4.78, 5) is 23.3. The van der Waals surface area contributed by atoms with Gasteiger partial charge in [-0.3, -0.25) is 4.79 Å². The summed E-state index contributed by atoms with van der Waals surface area (Å²) in [5.74, 6) is 0.935. The third-order valence-electron chi connectivity index (χ3n) is 19.5. The zero-order valence-electron chi connectivity index (χ0n) is 59.7. The van der Waals surface area contributed by atoms with E-state index >= 15 is 0 Å². The first-order valence-corrected chi connectivity index (χ1v) is 45.8. The van der Waals surface area contributed by atoms with Crippen molar-refractivity contribution >= 4 is 110 Å². The SMILES string of the molecule is COc1ccc(P2(=S)SP(=S)(c3ccc(CO)cc3)S2)cc1.Cn1cc(CCC(=O)NCCCc2cn(C(c3ccccc3)(c3ccccc3)c3ccccc3)cn2)c2ccccc21.Cn1cc(CCC(=S)NCCCc2cn(C(c3ccccc3)(c3ccccc3)c3ccccc3)cn2)c2ccccc21.